The average molecular weight is 389 g/mol. The molecule has 1 heterocycles. The number of rotatable bonds is 9. The van der Waals surface area contributed by atoms with Crippen LogP contribution < -0.4 is 0 Å². The number of amides is 1. The van der Waals surface area contributed by atoms with E-state index in [9.17, 15) is 4.79 Å². The molecule has 1 atom stereocenters. The van der Waals surface area contributed by atoms with Gasteiger partial charge in [-0.3, -0.25) is 4.79 Å². The molecule has 1 unspecified atom stereocenters. The maximum atomic E-state index is 13.5. The molecule has 3 aromatic rings. The first kappa shape index (κ1) is 20.9. The standard InChI is InChI=1S/C26H32N2O/c1-4-25(23-14-9-6-10-15-23)26(29)28(18-21(2)3)20-24-16-11-17-27(24)19-22-12-7-5-8-13-22/h5-17,21,25H,4,18-20H2,1-3H3. The molecule has 3 rings (SSSR count). The van der Waals surface area contributed by atoms with Gasteiger partial charge in [-0.1, -0.05) is 81.4 Å². The van der Waals surface area contributed by atoms with Crippen LogP contribution >= 0.6 is 0 Å². The molecule has 0 bridgehead atoms. The summed E-state index contributed by atoms with van der Waals surface area (Å²) in [4.78, 5) is 15.6. The van der Waals surface area contributed by atoms with E-state index in [0.29, 0.717) is 12.5 Å². The van der Waals surface area contributed by atoms with Crippen LogP contribution in [0, 0.1) is 5.92 Å². The Hall–Kier alpha value is -2.81. The Morgan fingerprint density at radius 2 is 1.59 bits per heavy atom. The lowest BCUT2D eigenvalue weighted by molar-refractivity contribution is -0.134. The number of hydrogen-bond donors (Lipinski definition) is 0. The van der Waals surface area contributed by atoms with Gasteiger partial charge in [-0.2, -0.15) is 0 Å². The van der Waals surface area contributed by atoms with E-state index in [1.54, 1.807) is 0 Å². The third-order valence-electron chi connectivity index (χ3n) is 5.28. The van der Waals surface area contributed by atoms with Crippen molar-refractivity contribution in [3.63, 3.8) is 0 Å². The van der Waals surface area contributed by atoms with E-state index in [1.165, 1.54) is 11.3 Å². The highest BCUT2D eigenvalue weighted by atomic mass is 16.2. The Morgan fingerprint density at radius 1 is 0.931 bits per heavy atom. The lowest BCUT2D eigenvalue weighted by atomic mass is 9.94. The molecular formula is C26H32N2O. The minimum atomic E-state index is -0.0903. The summed E-state index contributed by atoms with van der Waals surface area (Å²) in [5.74, 6) is 0.553. The van der Waals surface area contributed by atoms with E-state index in [0.717, 1.165) is 25.1 Å². The molecule has 0 spiro atoms. The van der Waals surface area contributed by atoms with Gasteiger partial charge in [-0.05, 0) is 35.6 Å². The average Bonchev–Trinajstić information content (AvgIpc) is 3.16. The van der Waals surface area contributed by atoms with Crippen molar-refractivity contribution in [1.82, 2.24) is 9.47 Å². The predicted octanol–water partition coefficient (Wildman–Crippen LogP) is 5.71. The summed E-state index contributed by atoms with van der Waals surface area (Å²) in [5, 5.41) is 0. The summed E-state index contributed by atoms with van der Waals surface area (Å²) < 4.78 is 2.25. The van der Waals surface area contributed by atoms with Crippen molar-refractivity contribution in [2.24, 2.45) is 5.92 Å². The number of nitrogens with zero attached hydrogens (tertiary/aromatic N) is 2. The Bertz CT molecular complexity index is 883. The van der Waals surface area contributed by atoms with Crippen LogP contribution in [0.25, 0.3) is 0 Å². The van der Waals surface area contributed by atoms with Crippen LogP contribution in [0.4, 0.5) is 0 Å². The molecule has 1 amide bonds. The molecular weight excluding hydrogens is 356 g/mol. The quantitative estimate of drug-likeness (QED) is 0.460. The minimum Gasteiger partial charge on any atom is -0.345 e. The first-order chi connectivity index (χ1) is 14.1. The van der Waals surface area contributed by atoms with Crippen LogP contribution in [0.1, 0.15) is 49.9 Å². The zero-order valence-electron chi connectivity index (χ0n) is 17.8. The van der Waals surface area contributed by atoms with Gasteiger partial charge in [0.1, 0.15) is 0 Å². The topological polar surface area (TPSA) is 25.2 Å². The Kier molecular flexibility index (Phi) is 7.29. The van der Waals surface area contributed by atoms with Crippen LogP contribution in [0.15, 0.2) is 79.0 Å². The smallest absolute Gasteiger partial charge is 0.230 e. The molecule has 1 aromatic heterocycles. The van der Waals surface area contributed by atoms with Gasteiger partial charge in [-0.15, -0.1) is 0 Å². The predicted molar refractivity (Wildman–Crippen MR) is 120 cm³/mol. The first-order valence-electron chi connectivity index (χ1n) is 10.6. The fourth-order valence-corrected chi connectivity index (χ4v) is 3.85. The second-order valence-corrected chi connectivity index (χ2v) is 8.10. The molecule has 0 saturated carbocycles. The van der Waals surface area contributed by atoms with Gasteiger partial charge < -0.3 is 9.47 Å². The van der Waals surface area contributed by atoms with Crippen molar-refractivity contribution in [2.45, 2.75) is 46.2 Å². The van der Waals surface area contributed by atoms with E-state index >= 15 is 0 Å². The third-order valence-corrected chi connectivity index (χ3v) is 5.28. The lowest BCUT2D eigenvalue weighted by Crippen LogP contribution is -2.37. The third kappa shape index (κ3) is 5.60. The van der Waals surface area contributed by atoms with Crippen LogP contribution in [-0.4, -0.2) is 21.9 Å². The molecule has 0 aliphatic carbocycles. The van der Waals surface area contributed by atoms with Crippen molar-refractivity contribution < 1.29 is 4.79 Å². The van der Waals surface area contributed by atoms with Gasteiger partial charge in [0.15, 0.2) is 0 Å². The van der Waals surface area contributed by atoms with Gasteiger partial charge in [0, 0.05) is 25.0 Å². The van der Waals surface area contributed by atoms with E-state index in [1.807, 2.05) is 29.2 Å². The van der Waals surface area contributed by atoms with Crippen LogP contribution in [0.2, 0.25) is 0 Å². The van der Waals surface area contributed by atoms with E-state index < -0.39 is 0 Å². The zero-order valence-corrected chi connectivity index (χ0v) is 17.8. The maximum absolute atomic E-state index is 13.5. The van der Waals surface area contributed by atoms with Crippen molar-refractivity contribution in [2.75, 3.05) is 6.54 Å². The summed E-state index contributed by atoms with van der Waals surface area (Å²) in [6.07, 6.45) is 2.91. The molecule has 0 saturated heterocycles. The summed E-state index contributed by atoms with van der Waals surface area (Å²) in [7, 11) is 0. The fourth-order valence-electron chi connectivity index (χ4n) is 3.85. The van der Waals surface area contributed by atoms with E-state index in [4.69, 9.17) is 0 Å². The van der Waals surface area contributed by atoms with E-state index in [2.05, 4.69) is 80.1 Å². The van der Waals surface area contributed by atoms with Crippen LogP contribution in [0.3, 0.4) is 0 Å². The van der Waals surface area contributed by atoms with Crippen molar-refractivity contribution in [1.29, 1.82) is 0 Å². The molecule has 29 heavy (non-hydrogen) atoms. The van der Waals surface area contributed by atoms with Crippen LogP contribution in [0.5, 0.6) is 0 Å². The first-order valence-corrected chi connectivity index (χ1v) is 10.6. The monoisotopic (exact) mass is 388 g/mol. The number of carbonyl (C=O) groups is 1. The highest BCUT2D eigenvalue weighted by Crippen LogP contribution is 2.24. The molecule has 3 nitrogen and oxygen atoms in total. The van der Waals surface area contributed by atoms with Crippen molar-refractivity contribution in [3.05, 3.63) is 95.8 Å². The molecule has 0 N–H and O–H groups in total. The molecule has 0 fully saturated rings. The zero-order chi connectivity index (χ0) is 20.6. The van der Waals surface area contributed by atoms with Crippen LogP contribution in [-0.2, 0) is 17.9 Å². The number of carbonyl (C=O) groups excluding carboxylic acids is 1. The molecule has 3 heteroatoms. The summed E-state index contributed by atoms with van der Waals surface area (Å²) >= 11 is 0. The molecule has 0 aliphatic rings. The highest BCUT2D eigenvalue weighted by molar-refractivity contribution is 5.83. The molecule has 2 aromatic carbocycles. The molecule has 152 valence electrons. The SMILES string of the molecule is CCC(C(=O)N(Cc1cccn1Cc1ccccc1)CC(C)C)c1ccccc1. The number of hydrogen-bond acceptors (Lipinski definition) is 1. The van der Waals surface area contributed by atoms with Gasteiger partial charge in [0.05, 0.1) is 12.5 Å². The second kappa shape index (κ2) is 10.1. The summed E-state index contributed by atoms with van der Waals surface area (Å²) in [6, 6.07) is 24.8. The molecule has 0 aliphatic heterocycles. The summed E-state index contributed by atoms with van der Waals surface area (Å²) in [6.45, 7) is 8.67. The normalized spacial score (nSPS) is 12.1. The Morgan fingerprint density at radius 3 is 2.21 bits per heavy atom. The van der Waals surface area contributed by atoms with Gasteiger partial charge in [0.25, 0.3) is 0 Å². The summed E-state index contributed by atoms with van der Waals surface area (Å²) in [5.41, 5.74) is 3.54. The van der Waals surface area contributed by atoms with Crippen molar-refractivity contribution in [3.8, 4) is 0 Å². The Labute approximate surface area is 175 Å². The highest BCUT2D eigenvalue weighted by Gasteiger charge is 2.25. The number of aromatic nitrogens is 1. The fraction of sp³-hybridized carbons (Fsp3) is 0.346. The Balaban J connectivity index is 1.81. The lowest BCUT2D eigenvalue weighted by Gasteiger charge is -2.29. The maximum Gasteiger partial charge on any atom is 0.230 e. The minimum absolute atomic E-state index is 0.0903. The number of benzene rings is 2. The largest absolute Gasteiger partial charge is 0.345 e. The van der Waals surface area contributed by atoms with Gasteiger partial charge in [0.2, 0.25) is 5.91 Å². The second-order valence-electron chi connectivity index (χ2n) is 8.10. The van der Waals surface area contributed by atoms with Gasteiger partial charge in [-0.25, -0.2) is 0 Å². The molecule has 0 radical (unpaired) electrons. The van der Waals surface area contributed by atoms with E-state index in [-0.39, 0.29) is 11.8 Å². The van der Waals surface area contributed by atoms with Gasteiger partial charge >= 0.3 is 0 Å². The van der Waals surface area contributed by atoms with Crippen molar-refractivity contribution >= 4 is 5.91 Å².